The predicted molar refractivity (Wildman–Crippen MR) is 82.0 cm³/mol. The highest BCUT2D eigenvalue weighted by Crippen LogP contribution is 2.34. The van der Waals surface area contributed by atoms with Gasteiger partial charge in [-0.3, -0.25) is 0 Å². The van der Waals surface area contributed by atoms with Crippen LogP contribution in [0.15, 0.2) is 30.6 Å². The molecule has 0 aliphatic heterocycles. The summed E-state index contributed by atoms with van der Waals surface area (Å²) in [7, 11) is 1.82. The van der Waals surface area contributed by atoms with Crippen molar-refractivity contribution in [2.75, 3.05) is 12.4 Å². The van der Waals surface area contributed by atoms with Crippen molar-refractivity contribution < 1.29 is 4.39 Å². The Kier molecular flexibility index (Phi) is 2.61. The molecule has 2 N–H and O–H groups in total. The van der Waals surface area contributed by atoms with Crippen LogP contribution in [-0.2, 0) is 0 Å². The fourth-order valence-electron chi connectivity index (χ4n) is 2.25. The van der Waals surface area contributed by atoms with Crippen molar-refractivity contribution in [3.05, 3.63) is 36.4 Å². The maximum absolute atomic E-state index is 13.0. The summed E-state index contributed by atoms with van der Waals surface area (Å²) in [4.78, 5) is 17.4. The molecule has 5 nitrogen and oxygen atoms in total. The molecule has 0 bridgehead atoms. The summed E-state index contributed by atoms with van der Waals surface area (Å²) in [5, 5.41) is 3.85. The van der Waals surface area contributed by atoms with Crippen LogP contribution in [0.2, 0.25) is 0 Å². The van der Waals surface area contributed by atoms with E-state index in [1.165, 1.54) is 23.5 Å². The first-order valence-electron chi connectivity index (χ1n) is 6.33. The molecule has 21 heavy (non-hydrogen) atoms. The summed E-state index contributed by atoms with van der Waals surface area (Å²) in [5.74, 6) is 0.481. The molecule has 0 fully saturated rings. The van der Waals surface area contributed by atoms with Crippen LogP contribution >= 0.6 is 11.3 Å². The van der Waals surface area contributed by atoms with Gasteiger partial charge in [-0.15, -0.1) is 0 Å². The number of nitrogens with one attached hydrogen (secondary N) is 2. The third-order valence-corrected chi connectivity index (χ3v) is 4.25. The minimum absolute atomic E-state index is 0.259. The smallest absolute Gasteiger partial charge is 0.153 e. The molecule has 0 atom stereocenters. The molecule has 0 saturated carbocycles. The van der Waals surface area contributed by atoms with Gasteiger partial charge in [0.25, 0.3) is 0 Å². The summed E-state index contributed by atoms with van der Waals surface area (Å²) in [5.41, 5.74) is 3.25. The van der Waals surface area contributed by atoms with E-state index in [4.69, 9.17) is 0 Å². The molecule has 1 aromatic carbocycles. The number of rotatable bonds is 2. The molecule has 0 amide bonds. The second kappa shape index (κ2) is 4.49. The van der Waals surface area contributed by atoms with Crippen molar-refractivity contribution in [1.29, 1.82) is 0 Å². The molecule has 3 heterocycles. The minimum atomic E-state index is -0.259. The lowest BCUT2D eigenvalue weighted by atomic mass is 10.2. The molecule has 0 aliphatic carbocycles. The molecule has 0 spiro atoms. The maximum atomic E-state index is 13.0. The van der Waals surface area contributed by atoms with Gasteiger partial charge in [0.15, 0.2) is 5.82 Å². The number of aromatic nitrogens is 4. The van der Waals surface area contributed by atoms with Gasteiger partial charge in [-0.25, -0.2) is 19.3 Å². The van der Waals surface area contributed by atoms with Gasteiger partial charge in [-0.2, -0.15) is 0 Å². The number of halogens is 1. The summed E-state index contributed by atoms with van der Waals surface area (Å²) in [6, 6.07) is 6.29. The van der Waals surface area contributed by atoms with Crippen molar-refractivity contribution in [3.8, 4) is 10.6 Å². The molecule has 3 aromatic heterocycles. The lowest BCUT2D eigenvalue weighted by molar-refractivity contribution is 0.628. The normalized spacial score (nSPS) is 11.3. The number of aromatic amines is 1. The summed E-state index contributed by atoms with van der Waals surface area (Å²) >= 11 is 1.47. The Morgan fingerprint density at radius 2 is 1.95 bits per heavy atom. The standard InChI is InChI=1S/C14H10FN5S/c1-16-12-10-9(17-6-18-10)11-14(20-12)21-13(19-11)7-2-4-8(15)5-3-7/h2-6H,1H3,(H,16,20)(H,17,18). The van der Waals surface area contributed by atoms with Crippen LogP contribution in [0, 0.1) is 5.82 Å². The lowest BCUT2D eigenvalue weighted by Crippen LogP contribution is -1.93. The molecule has 0 radical (unpaired) electrons. The average molecular weight is 299 g/mol. The number of imidazole rings is 1. The van der Waals surface area contributed by atoms with Crippen LogP contribution in [0.3, 0.4) is 0 Å². The van der Waals surface area contributed by atoms with Crippen LogP contribution in [-0.4, -0.2) is 27.0 Å². The van der Waals surface area contributed by atoms with E-state index in [0.29, 0.717) is 0 Å². The van der Waals surface area contributed by atoms with Crippen LogP contribution in [0.1, 0.15) is 0 Å². The Hall–Kier alpha value is -2.54. The fraction of sp³-hybridized carbons (Fsp3) is 0.0714. The zero-order chi connectivity index (χ0) is 14.4. The van der Waals surface area contributed by atoms with Crippen LogP contribution < -0.4 is 5.32 Å². The Morgan fingerprint density at radius 1 is 1.14 bits per heavy atom. The van der Waals surface area contributed by atoms with Gasteiger partial charge in [0.2, 0.25) is 0 Å². The van der Waals surface area contributed by atoms with Crippen LogP contribution in [0.4, 0.5) is 10.2 Å². The van der Waals surface area contributed by atoms with E-state index in [-0.39, 0.29) is 5.82 Å². The average Bonchev–Trinajstić information content (AvgIpc) is 3.13. The highest BCUT2D eigenvalue weighted by Gasteiger charge is 2.15. The highest BCUT2D eigenvalue weighted by atomic mass is 32.1. The van der Waals surface area contributed by atoms with Gasteiger partial charge in [-0.05, 0) is 24.3 Å². The Morgan fingerprint density at radius 3 is 2.71 bits per heavy atom. The number of pyridine rings is 1. The number of fused-ring (bicyclic) bond motifs is 3. The third kappa shape index (κ3) is 1.85. The van der Waals surface area contributed by atoms with Gasteiger partial charge >= 0.3 is 0 Å². The Labute approximate surface area is 122 Å². The predicted octanol–water partition coefficient (Wildman–Crippen LogP) is 3.42. The molecular formula is C14H10FN5S. The van der Waals surface area contributed by atoms with Gasteiger partial charge in [-0.1, -0.05) is 11.3 Å². The second-order valence-corrected chi connectivity index (χ2v) is 5.49. The summed E-state index contributed by atoms with van der Waals surface area (Å²) in [6.07, 6.45) is 1.63. The first-order chi connectivity index (χ1) is 10.3. The molecule has 0 aliphatic rings. The molecule has 104 valence electrons. The van der Waals surface area contributed by atoms with Gasteiger partial charge in [0, 0.05) is 12.6 Å². The minimum Gasteiger partial charge on any atom is -0.371 e. The SMILES string of the molecule is CNc1nc2sc(-c3ccc(F)cc3)nc2c2nc[nH]c12. The number of anilines is 1. The van der Waals surface area contributed by atoms with E-state index in [0.717, 1.165) is 37.8 Å². The Balaban J connectivity index is 1.99. The van der Waals surface area contributed by atoms with E-state index in [2.05, 4.69) is 25.3 Å². The van der Waals surface area contributed by atoms with E-state index in [1.54, 1.807) is 18.5 Å². The molecule has 0 saturated heterocycles. The van der Waals surface area contributed by atoms with Crippen molar-refractivity contribution in [1.82, 2.24) is 19.9 Å². The number of nitrogens with zero attached hydrogens (tertiary/aromatic N) is 3. The van der Waals surface area contributed by atoms with Crippen molar-refractivity contribution in [2.45, 2.75) is 0 Å². The molecule has 0 unspecified atom stereocenters. The topological polar surface area (TPSA) is 66.5 Å². The summed E-state index contributed by atoms with van der Waals surface area (Å²) in [6.45, 7) is 0. The molecule has 7 heteroatoms. The van der Waals surface area contributed by atoms with Crippen LogP contribution in [0.5, 0.6) is 0 Å². The number of H-pyrrole nitrogens is 1. The van der Waals surface area contributed by atoms with E-state index in [9.17, 15) is 4.39 Å². The molecule has 4 aromatic rings. The molecule has 4 rings (SSSR count). The van der Waals surface area contributed by atoms with Gasteiger partial charge in [0.05, 0.1) is 6.33 Å². The fourth-order valence-corrected chi connectivity index (χ4v) is 3.20. The number of hydrogen-bond donors (Lipinski definition) is 2. The van der Waals surface area contributed by atoms with Crippen LogP contribution in [0.25, 0.3) is 32.0 Å². The van der Waals surface area contributed by atoms with Crippen molar-refractivity contribution in [3.63, 3.8) is 0 Å². The highest BCUT2D eigenvalue weighted by molar-refractivity contribution is 7.21. The lowest BCUT2D eigenvalue weighted by Gasteiger charge is -1.99. The quantitative estimate of drug-likeness (QED) is 0.595. The van der Waals surface area contributed by atoms with E-state index >= 15 is 0 Å². The van der Waals surface area contributed by atoms with Crippen molar-refractivity contribution >= 4 is 38.5 Å². The Bertz CT molecular complexity index is 941. The zero-order valence-electron chi connectivity index (χ0n) is 11.0. The third-order valence-electron chi connectivity index (χ3n) is 3.25. The first kappa shape index (κ1) is 12.2. The van der Waals surface area contributed by atoms with Gasteiger partial charge < -0.3 is 10.3 Å². The zero-order valence-corrected chi connectivity index (χ0v) is 11.8. The number of benzene rings is 1. The van der Waals surface area contributed by atoms with Crippen molar-refractivity contribution in [2.24, 2.45) is 0 Å². The maximum Gasteiger partial charge on any atom is 0.153 e. The number of hydrogen-bond acceptors (Lipinski definition) is 5. The monoisotopic (exact) mass is 299 g/mol. The largest absolute Gasteiger partial charge is 0.371 e. The van der Waals surface area contributed by atoms with E-state index < -0.39 is 0 Å². The van der Waals surface area contributed by atoms with Gasteiger partial charge in [0.1, 0.15) is 32.2 Å². The summed E-state index contributed by atoms with van der Waals surface area (Å²) < 4.78 is 13.0. The van der Waals surface area contributed by atoms with E-state index in [1.807, 2.05) is 7.05 Å². The first-order valence-corrected chi connectivity index (χ1v) is 7.15. The number of thiazole rings is 1. The molecular weight excluding hydrogens is 289 g/mol. The second-order valence-electron chi connectivity index (χ2n) is 4.52.